The number of hydrogen-bond donors (Lipinski definition) is 1. The first-order valence-corrected chi connectivity index (χ1v) is 7.15. The fraction of sp³-hybridized carbons (Fsp3) is 0.625. The molecule has 1 heterocycles. The lowest BCUT2D eigenvalue weighted by Gasteiger charge is -2.24. The van der Waals surface area contributed by atoms with Crippen LogP contribution in [-0.4, -0.2) is 29.1 Å². The molecule has 1 aliphatic rings. The van der Waals surface area contributed by atoms with E-state index in [4.69, 9.17) is 0 Å². The molecule has 0 aromatic heterocycles. The van der Waals surface area contributed by atoms with Crippen LogP contribution in [-0.2, 0) is 6.61 Å². The fourth-order valence-corrected chi connectivity index (χ4v) is 3.02. The molecule has 2 heteroatoms. The monoisotopic (exact) mass is 247 g/mol. The van der Waals surface area contributed by atoms with Crippen LogP contribution >= 0.6 is 0 Å². The first kappa shape index (κ1) is 13.6. The van der Waals surface area contributed by atoms with Crippen molar-refractivity contribution < 1.29 is 5.11 Å². The van der Waals surface area contributed by atoms with E-state index < -0.39 is 0 Å². The Morgan fingerprint density at radius 2 is 2.00 bits per heavy atom. The second-order valence-corrected chi connectivity index (χ2v) is 5.61. The largest absolute Gasteiger partial charge is 0.392 e. The Balaban J connectivity index is 2.10. The molecule has 0 amide bonds. The average molecular weight is 247 g/mol. The van der Waals surface area contributed by atoms with Crippen molar-refractivity contribution in [3.8, 4) is 0 Å². The number of rotatable bonds is 3. The number of nitrogens with zero attached hydrogens (tertiary/aromatic N) is 1. The van der Waals surface area contributed by atoms with Crippen LogP contribution in [0.15, 0.2) is 24.3 Å². The summed E-state index contributed by atoms with van der Waals surface area (Å²) in [6.07, 6.45) is 3.73. The van der Waals surface area contributed by atoms with Crippen LogP contribution in [0.4, 0.5) is 0 Å². The lowest BCUT2D eigenvalue weighted by Crippen LogP contribution is -2.31. The minimum Gasteiger partial charge on any atom is -0.392 e. The Morgan fingerprint density at radius 1 is 1.22 bits per heavy atom. The van der Waals surface area contributed by atoms with Gasteiger partial charge >= 0.3 is 0 Å². The number of likely N-dealkylation sites (tertiary alicyclic amines) is 1. The van der Waals surface area contributed by atoms with Gasteiger partial charge in [-0.1, -0.05) is 24.3 Å². The summed E-state index contributed by atoms with van der Waals surface area (Å²) in [6, 6.07) is 9.02. The number of benzene rings is 1. The fourth-order valence-electron chi connectivity index (χ4n) is 3.02. The van der Waals surface area contributed by atoms with Crippen LogP contribution in [0.25, 0.3) is 0 Å². The summed E-state index contributed by atoms with van der Waals surface area (Å²) in [5.41, 5.74) is 2.48. The van der Waals surface area contributed by atoms with Crippen molar-refractivity contribution in [3.63, 3.8) is 0 Å². The Morgan fingerprint density at radius 3 is 2.72 bits per heavy atom. The maximum atomic E-state index is 9.45. The molecular formula is C16H25NO. The Bertz CT molecular complexity index is 375. The van der Waals surface area contributed by atoms with Crippen molar-refractivity contribution in [3.05, 3.63) is 35.4 Å². The lowest BCUT2D eigenvalue weighted by atomic mass is 9.89. The maximum absolute atomic E-state index is 9.45. The molecule has 1 aliphatic heterocycles. The second-order valence-electron chi connectivity index (χ2n) is 5.61. The standard InChI is InChI=1S/C16H25NO/c1-13(2)17-10-5-7-14(9-11-17)16-8-4-3-6-15(16)12-18/h3-4,6,8,13-14,18H,5,7,9-12H2,1-2H3. The first-order chi connectivity index (χ1) is 8.72. The van der Waals surface area contributed by atoms with E-state index in [1.165, 1.54) is 37.9 Å². The first-order valence-electron chi connectivity index (χ1n) is 7.15. The van der Waals surface area contributed by atoms with Gasteiger partial charge in [0, 0.05) is 6.04 Å². The molecule has 1 unspecified atom stereocenters. The van der Waals surface area contributed by atoms with Crippen LogP contribution < -0.4 is 0 Å². The van der Waals surface area contributed by atoms with Crippen molar-refractivity contribution in [1.82, 2.24) is 4.90 Å². The molecule has 0 radical (unpaired) electrons. The van der Waals surface area contributed by atoms with Gasteiger partial charge in [-0.2, -0.15) is 0 Å². The third kappa shape index (κ3) is 3.12. The quantitative estimate of drug-likeness (QED) is 0.887. The molecule has 0 saturated carbocycles. The highest BCUT2D eigenvalue weighted by molar-refractivity contribution is 5.30. The van der Waals surface area contributed by atoms with Gasteiger partial charge in [0.1, 0.15) is 0 Å². The van der Waals surface area contributed by atoms with Gasteiger partial charge in [-0.05, 0) is 63.2 Å². The van der Waals surface area contributed by atoms with Gasteiger partial charge < -0.3 is 10.0 Å². The van der Waals surface area contributed by atoms with Gasteiger partial charge in [0.15, 0.2) is 0 Å². The van der Waals surface area contributed by atoms with E-state index in [1.54, 1.807) is 0 Å². The zero-order chi connectivity index (χ0) is 13.0. The molecule has 2 nitrogen and oxygen atoms in total. The summed E-state index contributed by atoms with van der Waals surface area (Å²) >= 11 is 0. The van der Waals surface area contributed by atoms with Crippen LogP contribution in [0.3, 0.4) is 0 Å². The minimum atomic E-state index is 0.167. The molecule has 0 aliphatic carbocycles. The van der Waals surface area contributed by atoms with Crippen molar-refractivity contribution in [2.24, 2.45) is 0 Å². The Hall–Kier alpha value is -0.860. The SMILES string of the molecule is CC(C)N1CCCC(c2ccccc2CO)CC1. The molecule has 18 heavy (non-hydrogen) atoms. The van der Waals surface area contributed by atoms with E-state index in [1.807, 2.05) is 6.07 Å². The van der Waals surface area contributed by atoms with Gasteiger partial charge in [0.25, 0.3) is 0 Å². The average Bonchev–Trinajstić information content (AvgIpc) is 2.64. The topological polar surface area (TPSA) is 23.5 Å². The highest BCUT2D eigenvalue weighted by atomic mass is 16.3. The molecule has 0 bridgehead atoms. The third-order valence-electron chi connectivity index (χ3n) is 4.16. The van der Waals surface area contributed by atoms with Crippen molar-refractivity contribution >= 4 is 0 Å². The van der Waals surface area contributed by atoms with E-state index in [9.17, 15) is 5.11 Å². The van der Waals surface area contributed by atoms with Crippen LogP contribution in [0.2, 0.25) is 0 Å². The van der Waals surface area contributed by atoms with E-state index in [0.717, 1.165) is 5.56 Å². The molecule has 1 aromatic carbocycles. The Kier molecular flexibility index (Phi) is 4.79. The van der Waals surface area contributed by atoms with Gasteiger partial charge in [-0.15, -0.1) is 0 Å². The molecule has 1 fully saturated rings. The molecule has 100 valence electrons. The summed E-state index contributed by atoms with van der Waals surface area (Å²) in [5, 5.41) is 9.45. The predicted octanol–water partition coefficient (Wildman–Crippen LogP) is 3.16. The summed E-state index contributed by atoms with van der Waals surface area (Å²) in [4.78, 5) is 2.57. The highest BCUT2D eigenvalue weighted by Gasteiger charge is 2.21. The maximum Gasteiger partial charge on any atom is 0.0684 e. The molecule has 0 spiro atoms. The van der Waals surface area contributed by atoms with E-state index in [0.29, 0.717) is 12.0 Å². The summed E-state index contributed by atoms with van der Waals surface area (Å²) in [7, 11) is 0. The molecule has 1 saturated heterocycles. The van der Waals surface area contributed by atoms with Crippen LogP contribution in [0, 0.1) is 0 Å². The molecule has 1 atom stereocenters. The van der Waals surface area contributed by atoms with Gasteiger partial charge in [-0.3, -0.25) is 0 Å². The predicted molar refractivity (Wildman–Crippen MR) is 75.7 cm³/mol. The zero-order valence-electron chi connectivity index (χ0n) is 11.6. The number of aliphatic hydroxyl groups excluding tert-OH is 1. The van der Waals surface area contributed by atoms with E-state index in [2.05, 4.69) is 36.9 Å². The summed E-state index contributed by atoms with van der Waals surface area (Å²) in [5.74, 6) is 0.622. The second kappa shape index (κ2) is 6.35. The van der Waals surface area contributed by atoms with Crippen molar-refractivity contribution in [2.45, 2.75) is 51.7 Å². The molecular weight excluding hydrogens is 222 g/mol. The van der Waals surface area contributed by atoms with Gasteiger partial charge in [0.05, 0.1) is 6.61 Å². The normalized spacial score (nSPS) is 22.1. The summed E-state index contributed by atoms with van der Waals surface area (Å²) < 4.78 is 0. The minimum absolute atomic E-state index is 0.167. The lowest BCUT2D eigenvalue weighted by molar-refractivity contribution is 0.230. The van der Waals surface area contributed by atoms with Crippen molar-refractivity contribution in [2.75, 3.05) is 13.1 Å². The number of aliphatic hydroxyl groups is 1. The van der Waals surface area contributed by atoms with E-state index >= 15 is 0 Å². The molecule has 1 N–H and O–H groups in total. The molecule has 2 rings (SSSR count). The zero-order valence-corrected chi connectivity index (χ0v) is 11.6. The van der Waals surface area contributed by atoms with Gasteiger partial charge in [-0.25, -0.2) is 0 Å². The third-order valence-corrected chi connectivity index (χ3v) is 4.16. The summed E-state index contributed by atoms with van der Waals surface area (Å²) in [6.45, 7) is 7.13. The molecule has 1 aromatic rings. The van der Waals surface area contributed by atoms with Crippen LogP contribution in [0.5, 0.6) is 0 Å². The number of hydrogen-bond acceptors (Lipinski definition) is 2. The van der Waals surface area contributed by atoms with Gasteiger partial charge in [0.2, 0.25) is 0 Å². The van der Waals surface area contributed by atoms with E-state index in [-0.39, 0.29) is 6.61 Å². The smallest absolute Gasteiger partial charge is 0.0684 e. The van der Waals surface area contributed by atoms with Crippen LogP contribution in [0.1, 0.15) is 50.2 Å². The van der Waals surface area contributed by atoms with Crippen molar-refractivity contribution in [1.29, 1.82) is 0 Å². The highest BCUT2D eigenvalue weighted by Crippen LogP contribution is 2.30. The Labute approximate surface area is 111 Å².